The number of benzene rings is 2. The molecular weight excluding hydrogens is 486 g/mol. The Kier molecular flexibility index (Phi) is 8.28. The van der Waals surface area contributed by atoms with Crippen LogP contribution in [0.1, 0.15) is 16.6 Å². The van der Waals surface area contributed by atoms with Gasteiger partial charge in [0.1, 0.15) is 10.6 Å². The molecule has 1 aromatic heterocycles. The fraction of sp³-hybridized carbons (Fsp3) is 0.308. The van der Waals surface area contributed by atoms with E-state index in [0.717, 1.165) is 48.1 Å². The van der Waals surface area contributed by atoms with Crippen molar-refractivity contribution < 1.29 is 19.1 Å². The highest BCUT2D eigenvalue weighted by Crippen LogP contribution is 2.36. The summed E-state index contributed by atoms with van der Waals surface area (Å²) in [6.45, 7) is 5.34. The second-order valence-corrected chi connectivity index (χ2v) is 9.55. The molecule has 0 radical (unpaired) electrons. The molecular formula is C26H28ClN3O4S. The number of para-hydroxylation sites is 2. The van der Waals surface area contributed by atoms with Gasteiger partial charge in [-0.2, -0.15) is 0 Å². The molecule has 0 spiro atoms. The molecule has 35 heavy (non-hydrogen) atoms. The van der Waals surface area contributed by atoms with Crippen LogP contribution in [0.25, 0.3) is 10.4 Å². The third-order valence-electron chi connectivity index (χ3n) is 5.76. The highest BCUT2D eigenvalue weighted by atomic mass is 35.5. The summed E-state index contributed by atoms with van der Waals surface area (Å²) in [5.41, 5.74) is 2.44. The number of hydrogen-bond acceptors (Lipinski definition) is 7. The number of anilines is 2. The normalized spacial score (nSPS) is 14.0. The minimum atomic E-state index is -0.446. The molecule has 1 fully saturated rings. The number of esters is 1. The first-order valence-corrected chi connectivity index (χ1v) is 12.6. The van der Waals surface area contributed by atoms with Crippen LogP contribution in [0.2, 0.25) is 5.02 Å². The summed E-state index contributed by atoms with van der Waals surface area (Å²) >= 11 is 7.30. The van der Waals surface area contributed by atoms with Crippen molar-refractivity contribution in [3.8, 4) is 16.2 Å². The minimum Gasteiger partial charge on any atom is -0.495 e. The van der Waals surface area contributed by atoms with Crippen molar-refractivity contribution in [1.82, 2.24) is 4.90 Å². The zero-order chi connectivity index (χ0) is 24.8. The molecule has 1 aliphatic rings. The highest BCUT2D eigenvalue weighted by molar-refractivity contribution is 7.18. The van der Waals surface area contributed by atoms with Gasteiger partial charge in [-0.1, -0.05) is 35.9 Å². The molecule has 7 nitrogen and oxygen atoms in total. The van der Waals surface area contributed by atoms with Crippen molar-refractivity contribution in [3.63, 3.8) is 0 Å². The molecule has 4 rings (SSSR count). The maximum Gasteiger partial charge on any atom is 0.350 e. The molecule has 0 saturated carbocycles. The molecule has 184 valence electrons. The second kappa shape index (κ2) is 11.6. The lowest BCUT2D eigenvalue weighted by atomic mass is 10.2. The maximum absolute atomic E-state index is 12.9. The Morgan fingerprint density at radius 2 is 1.77 bits per heavy atom. The Bertz CT molecular complexity index is 1170. The Hall–Kier alpha value is -3.07. The predicted molar refractivity (Wildman–Crippen MR) is 141 cm³/mol. The van der Waals surface area contributed by atoms with Crippen LogP contribution >= 0.6 is 22.9 Å². The first kappa shape index (κ1) is 25.0. The first-order valence-electron chi connectivity index (χ1n) is 11.5. The maximum atomic E-state index is 12.9. The molecule has 0 unspecified atom stereocenters. The largest absolute Gasteiger partial charge is 0.495 e. The Balaban J connectivity index is 1.41. The molecule has 9 heteroatoms. The average Bonchev–Trinajstić information content (AvgIpc) is 3.28. The van der Waals surface area contributed by atoms with Gasteiger partial charge in [0.2, 0.25) is 5.91 Å². The van der Waals surface area contributed by atoms with Gasteiger partial charge in [-0.25, -0.2) is 4.79 Å². The quantitative estimate of drug-likeness (QED) is 0.427. The van der Waals surface area contributed by atoms with E-state index in [-0.39, 0.29) is 19.1 Å². The van der Waals surface area contributed by atoms with E-state index < -0.39 is 5.97 Å². The van der Waals surface area contributed by atoms with E-state index in [1.807, 2.05) is 42.5 Å². The third-order valence-corrected chi connectivity index (χ3v) is 7.18. The number of methoxy groups -OCH3 is 1. The fourth-order valence-corrected chi connectivity index (χ4v) is 5.16. The number of amides is 1. The van der Waals surface area contributed by atoms with Gasteiger partial charge in [0.25, 0.3) is 0 Å². The Morgan fingerprint density at radius 1 is 1.06 bits per heavy atom. The monoisotopic (exact) mass is 513 g/mol. The summed E-state index contributed by atoms with van der Waals surface area (Å²) < 4.78 is 10.7. The molecule has 0 aliphatic carbocycles. The molecule has 1 aliphatic heterocycles. The van der Waals surface area contributed by atoms with Gasteiger partial charge in [0.15, 0.2) is 0 Å². The topological polar surface area (TPSA) is 71.1 Å². The van der Waals surface area contributed by atoms with Crippen LogP contribution in [0.5, 0.6) is 5.75 Å². The van der Waals surface area contributed by atoms with Gasteiger partial charge in [-0.05, 0) is 42.8 Å². The number of nitrogens with zero attached hydrogens (tertiary/aromatic N) is 2. The van der Waals surface area contributed by atoms with Crippen molar-refractivity contribution in [2.24, 2.45) is 0 Å². The first-order chi connectivity index (χ1) is 17.0. The Labute approximate surface area is 214 Å². The molecule has 0 atom stereocenters. The van der Waals surface area contributed by atoms with Crippen LogP contribution in [-0.2, 0) is 9.53 Å². The van der Waals surface area contributed by atoms with E-state index >= 15 is 0 Å². The smallest absolute Gasteiger partial charge is 0.350 e. The van der Waals surface area contributed by atoms with Gasteiger partial charge in [0.05, 0.1) is 31.6 Å². The standard InChI is InChI=1S/C26H28ClN3O4S/c1-3-34-26(32)25-20(16-23(35-25)18-8-10-19(27)11-9-18)28-24(31)17-29-12-14-30(15-13-29)21-6-4-5-7-22(21)33-2/h4-11,16H,3,12-15,17H2,1-2H3,(H,28,31). The van der Waals surface area contributed by atoms with Crippen LogP contribution in [0.15, 0.2) is 54.6 Å². The van der Waals surface area contributed by atoms with E-state index in [4.69, 9.17) is 21.1 Å². The van der Waals surface area contributed by atoms with Crippen LogP contribution < -0.4 is 15.0 Å². The minimum absolute atomic E-state index is 0.165. The number of carbonyl (C=O) groups is 2. The Morgan fingerprint density at radius 3 is 2.46 bits per heavy atom. The number of nitrogens with one attached hydrogen (secondary N) is 1. The number of carbonyl (C=O) groups excluding carboxylic acids is 2. The van der Waals surface area contributed by atoms with E-state index in [1.165, 1.54) is 11.3 Å². The molecule has 3 aromatic rings. The number of thiophene rings is 1. The van der Waals surface area contributed by atoms with Gasteiger partial charge in [0, 0.05) is 36.1 Å². The summed E-state index contributed by atoms with van der Waals surface area (Å²) in [5.74, 6) is 0.235. The molecule has 1 saturated heterocycles. The summed E-state index contributed by atoms with van der Waals surface area (Å²) in [6.07, 6.45) is 0. The summed E-state index contributed by atoms with van der Waals surface area (Å²) in [7, 11) is 1.67. The predicted octanol–water partition coefficient (Wildman–Crippen LogP) is 5.01. The van der Waals surface area contributed by atoms with Crippen LogP contribution in [0, 0.1) is 0 Å². The molecule has 1 N–H and O–H groups in total. The van der Waals surface area contributed by atoms with Gasteiger partial charge >= 0.3 is 5.97 Å². The van der Waals surface area contributed by atoms with Crippen LogP contribution in [-0.4, -0.2) is 63.2 Å². The molecule has 0 bridgehead atoms. The van der Waals surface area contributed by atoms with Crippen LogP contribution in [0.3, 0.4) is 0 Å². The summed E-state index contributed by atoms with van der Waals surface area (Å²) in [6, 6.07) is 17.1. The van der Waals surface area contributed by atoms with E-state index in [2.05, 4.69) is 15.1 Å². The van der Waals surface area contributed by atoms with Crippen molar-refractivity contribution in [3.05, 3.63) is 64.5 Å². The lowest BCUT2D eigenvalue weighted by Crippen LogP contribution is -2.48. The number of rotatable bonds is 8. The summed E-state index contributed by atoms with van der Waals surface area (Å²) in [5, 5.41) is 3.56. The zero-order valence-corrected chi connectivity index (χ0v) is 21.3. The van der Waals surface area contributed by atoms with E-state index in [1.54, 1.807) is 26.2 Å². The van der Waals surface area contributed by atoms with Gasteiger partial charge in [-0.15, -0.1) is 11.3 Å². The average molecular weight is 514 g/mol. The molecule has 1 amide bonds. The summed E-state index contributed by atoms with van der Waals surface area (Å²) in [4.78, 5) is 31.1. The lowest BCUT2D eigenvalue weighted by molar-refractivity contribution is -0.117. The SMILES string of the molecule is CCOC(=O)c1sc(-c2ccc(Cl)cc2)cc1NC(=O)CN1CCN(c2ccccc2OC)CC1. The van der Waals surface area contributed by atoms with Crippen molar-refractivity contribution in [1.29, 1.82) is 0 Å². The van der Waals surface area contributed by atoms with Crippen molar-refractivity contribution in [2.75, 3.05) is 56.7 Å². The van der Waals surface area contributed by atoms with E-state index in [9.17, 15) is 9.59 Å². The highest BCUT2D eigenvalue weighted by Gasteiger charge is 2.23. The lowest BCUT2D eigenvalue weighted by Gasteiger charge is -2.36. The number of piperazine rings is 1. The number of hydrogen-bond donors (Lipinski definition) is 1. The second-order valence-electron chi connectivity index (χ2n) is 8.06. The zero-order valence-electron chi connectivity index (χ0n) is 19.8. The van der Waals surface area contributed by atoms with E-state index in [0.29, 0.717) is 15.6 Å². The molecule has 2 aromatic carbocycles. The number of ether oxygens (including phenoxy) is 2. The third kappa shape index (κ3) is 6.14. The van der Waals surface area contributed by atoms with Gasteiger partial charge < -0.3 is 19.7 Å². The van der Waals surface area contributed by atoms with Gasteiger partial charge in [-0.3, -0.25) is 9.69 Å². The molecule has 2 heterocycles. The van der Waals surface area contributed by atoms with Crippen molar-refractivity contribution >= 4 is 46.2 Å². The van der Waals surface area contributed by atoms with Crippen LogP contribution in [0.4, 0.5) is 11.4 Å². The van der Waals surface area contributed by atoms with Crippen molar-refractivity contribution in [2.45, 2.75) is 6.92 Å². The fourth-order valence-electron chi connectivity index (χ4n) is 4.02. The number of halogens is 1.